The molecule has 336 valence electrons. The second-order valence-electron chi connectivity index (χ2n) is 15.6. The molecule has 3 nitrogen and oxygen atoms in total. The van der Waals surface area contributed by atoms with Crippen molar-refractivity contribution in [3.63, 3.8) is 0 Å². The van der Waals surface area contributed by atoms with Gasteiger partial charge in [0.05, 0.1) is 30.3 Å². The molecule has 69 heavy (non-hydrogen) atoms. The van der Waals surface area contributed by atoms with Crippen LogP contribution in [0.4, 0.5) is 0 Å². The molecule has 8 rings (SSSR count). The maximum absolute atomic E-state index is 6.20. The van der Waals surface area contributed by atoms with Gasteiger partial charge in [-0.15, -0.1) is 11.8 Å². The van der Waals surface area contributed by atoms with E-state index in [1.807, 2.05) is 155 Å². The molecule has 2 aliphatic rings. The van der Waals surface area contributed by atoms with Gasteiger partial charge < -0.3 is 9.47 Å². The van der Waals surface area contributed by atoms with E-state index in [-0.39, 0.29) is 17.1 Å². The molecule has 0 aliphatic heterocycles. The fourth-order valence-corrected chi connectivity index (χ4v) is 7.43. The Hall–Kier alpha value is -6.48. The zero-order valence-corrected chi connectivity index (χ0v) is 41.0. The van der Waals surface area contributed by atoms with Gasteiger partial charge >= 0.3 is 17.1 Å². The average Bonchev–Trinajstić information content (AvgIpc) is 4.15. The Morgan fingerprint density at radius 3 is 1.35 bits per heavy atom. The maximum atomic E-state index is 6.20. The normalized spacial score (nSPS) is 12.3. The van der Waals surface area contributed by atoms with Crippen molar-refractivity contribution in [1.29, 1.82) is 0 Å². The first kappa shape index (κ1) is 51.9. The first-order valence-corrected chi connectivity index (χ1v) is 23.8. The van der Waals surface area contributed by atoms with Crippen LogP contribution in [0.1, 0.15) is 87.9 Å². The summed E-state index contributed by atoms with van der Waals surface area (Å²) < 4.78 is 12.4. The van der Waals surface area contributed by atoms with E-state index in [9.17, 15) is 0 Å². The number of pyridine rings is 1. The molecule has 1 heterocycles. The van der Waals surface area contributed by atoms with Crippen LogP contribution in [0.25, 0.3) is 0 Å². The molecule has 10 radical (unpaired) electrons. The number of hydrogen-bond donors (Lipinski definition) is 0. The average molecular weight is 954 g/mol. The summed E-state index contributed by atoms with van der Waals surface area (Å²) in [7, 11) is 0. The number of aromatic nitrogens is 1. The Balaban J connectivity index is 0.00000122. The number of nitrogens with zero attached hydrogens (tertiary/aromatic N) is 1. The third kappa shape index (κ3) is 17.5. The predicted molar refractivity (Wildman–Crippen MR) is 280 cm³/mol. The van der Waals surface area contributed by atoms with E-state index in [4.69, 9.17) is 9.47 Å². The van der Waals surface area contributed by atoms with E-state index in [0.717, 1.165) is 86.6 Å². The molecule has 6 aromatic rings. The molecular formula is C64H51FeNO2S+2. The fourth-order valence-electron chi connectivity index (χ4n) is 6.53. The predicted octanol–water partition coefficient (Wildman–Crippen LogP) is 12.7. The van der Waals surface area contributed by atoms with E-state index < -0.39 is 0 Å². The summed E-state index contributed by atoms with van der Waals surface area (Å²) in [6, 6.07) is 38.6. The van der Waals surface area contributed by atoms with Gasteiger partial charge in [-0.25, -0.2) is 0 Å². The second-order valence-corrected chi connectivity index (χ2v) is 16.8. The van der Waals surface area contributed by atoms with Crippen LogP contribution in [-0.2, 0) is 23.5 Å². The Morgan fingerprint density at radius 2 is 0.870 bits per heavy atom. The minimum atomic E-state index is 0. The second kappa shape index (κ2) is 28.8. The van der Waals surface area contributed by atoms with Crippen molar-refractivity contribution in [2.45, 2.75) is 44.9 Å². The van der Waals surface area contributed by atoms with Crippen molar-refractivity contribution in [2.75, 3.05) is 19.0 Å². The Labute approximate surface area is 427 Å². The van der Waals surface area contributed by atoms with Crippen LogP contribution in [0.2, 0.25) is 0 Å². The van der Waals surface area contributed by atoms with E-state index in [2.05, 4.69) is 127 Å². The van der Waals surface area contributed by atoms with Gasteiger partial charge in [-0.05, 0) is 198 Å². The molecular weight excluding hydrogens is 903 g/mol. The van der Waals surface area contributed by atoms with Crippen LogP contribution in [-0.4, -0.2) is 24.0 Å². The minimum Gasteiger partial charge on any atom is -0.492 e. The van der Waals surface area contributed by atoms with Crippen LogP contribution in [0, 0.1) is 130 Å². The Kier molecular flexibility index (Phi) is 21.6. The molecule has 0 spiro atoms. The van der Waals surface area contributed by atoms with Gasteiger partial charge in [-0.1, -0.05) is 73.1 Å². The van der Waals surface area contributed by atoms with E-state index in [1.165, 1.54) is 10.5 Å². The zero-order valence-electron chi connectivity index (χ0n) is 39.1. The van der Waals surface area contributed by atoms with Gasteiger partial charge in [-0.3, -0.25) is 4.98 Å². The number of hydrogen-bond acceptors (Lipinski definition) is 4. The largest absolute Gasteiger partial charge is 2.00 e. The SMILES string of the molecule is CCCOc1cc(C#Cc2ccc(C#Cc3ccc(C#Cc4ccc(SCCc5ccncc5)cc4)cc3C)cc2)c(OCCC)cc1C#Cc1ccc(C#C[C]2[CH][CH][CH][CH]2)cc1.[CH]1[CH][CH][CH][CH]1.[Fe+2]. The third-order valence-electron chi connectivity index (χ3n) is 10.2. The summed E-state index contributed by atoms with van der Waals surface area (Å²) in [4.78, 5) is 5.34. The molecule has 0 bridgehead atoms. The van der Waals surface area contributed by atoms with Gasteiger partial charge in [0.1, 0.15) is 11.5 Å². The van der Waals surface area contributed by atoms with E-state index in [0.29, 0.717) is 24.7 Å². The topological polar surface area (TPSA) is 31.4 Å². The summed E-state index contributed by atoms with van der Waals surface area (Å²) in [6.07, 6.45) is 24.4. The van der Waals surface area contributed by atoms with E-state index >= 15 is 0 Å². The van der Waals surface area contributed by atoms with Gasteiger partial charge in [0.15, 0.2) is 0 Å². The number of aryl methyl sites for hydroxylation is 2. The summed E-state index contributed by atoms with van der Waals surface area (Å²) in [5.41, 5.74) is 10.4. The molecule has 0 atom stereocenters. The van der Waals surface area contributed by atoms with Crippen LogP contribution in [0.3, 0.4) is 0 Å². The number of ether oxygens (including phenoxy) is 2. The van der Waals surface area contributed by atoms with Crippen LogP contribution >= 0.6 is 11.8 Å². The zero-order chi connectivity index (χ0) is 47.0. The number of rotatable bonds is 10. The van der Waals surface area contributed by atoms with Crippen LogP contribution in [0.5, 0.6) is 11.5 Å². The van der Waals surface area contributed by atoms with Gasteiger partial charge in [-0.2, -0.15) is 0 Å². The maximum Gasteiger partial charge on any atom is 2.00 e. The quantitative estimate of drug-likeness (QED) is 0.0778. The summed E-state index contributed by atoms with van der Waals surface area (Å²) in [5.74, 6) is 36.4. The van der Waals surface area contributed by atoms with Crippen molar-refractivity contribution in [3.05, 3.63) is 253 Å². The van der Waals surface area contributed by atoms with Gasteiger partial charge in [0.25, 0.3) is 0 Å². The van der Waals surface area contributed by atoms with Crippen molar-refractivity contribution in [1.82, 2.24) is 4.98 Å². The summed E-state index contributed by atoms with van der Waals surface area (Å²) >= 11 is 1.85. The molecule has 2 fully saturated rings. The summed E-state index contributed by atoms with van der Waals surface area (Å²) in [5, 5.41) is 0. The Morgan fingerprint density at radius 1 is 0.449 bits per heavy atom. The Bertz CT molecular complexity index is 2880. The minimum absolute atomic E-state index is 0. The molecule has 1 aromatic heterocycles. The molecule has 5 aromatic carbocycles. The molecule has 5 heteroatoms. The molecule has 0 N–H and O–H groups in total. The standard InChI is InChI=1S/C59H46NO2S.C5H5.Fe/c1-4-39-61-58-44-56(59(62-40-5-2)43-55(58)30-23-49-14-12-47(13-15-49)11-10-46-8-6-7-9-46)31-24-50-18-16-48(17-19-50)22-28-54-29-25-53(42-45(54)3)21-20-51-26-32-57(33-27-51)63-41-36-52-34-37-60-38-35-52;1-2-4-5-3-1;/h6-9,12-19,25-27,29,32-35,37-38,42-44H,4-5,36,39-41H2,1-3H3;1-5H;/q;;+2. The van der Waals surface area contributed by atoms with Gasteiger partial charge in [0, 0.05) is 74.1 Å². The number of benzene rings is 5. The van der Waals surface area contributed by atoms with Crippen LogP contribution in [0.15, 0.2) is 133 Å². The molecule has 2 aliphatic carbocycles. The van der Waals surface area contributed by atoms with Gasteiger partial charge in [0.2, 0.25) is 0 Å². The summed E-state index contributed by atoms with van der Waals surface area (Å²) in [6.45, 7) is 7.38. The van der Waals surface area contributed by atoms with Crippen molar-refractivity contribution in [2.24, 2.45) is 0 Å². The van der Waals surface area contributed by atoms with E-state index in [1.54, 1.807) is 0 Å². The number of thioether (sulfide) groups is 1. The van der Waals surface area contributed by atoms with Crippen molar-refractivity contribution < 1.29 is 26.5 Å². The third-order valence-corrected chi connectivity index (χ3v) is 11.2. The van der Waals surface area contributed by atoms with Crippen LogP contribution < -0.4 is 9.47 Å². The van der Waals surface area contributed by atoms with Crippen molar-refractivity contribution in [3.8, 4) is 70.7 Å². The van der Waals surface area contributed by atoms with Crippen molar-refractivity contribution >= 4 is 11.8 Å². The fraction of sp³-hybridized carbons (Fsp3) is 0.141. The first-order valence-electron chi connectivity index (χ1n) is 22.9. The molecule has 0 amide bonds. The first-order chi connectivity index (χ1) is 33.5. The molecule has 0 unspecified atom stereocenters. The molecule has 0 saturated heterocycles. The molecule has 2 saturated carbocycles. The smallest absolute Gasteiger partial charge is 0.492 e. The monoisotopic (exact) mass is 953 g/mol.